The van der Waals surface area contributed by atoms with Crippen molar-refractivity contribution in [3.63, 3.8) is 0 Å². The van der Waals surface area contributed by atoms with E-state index in [0.717, 1.165) is 37.3 Å². The highest BCUT2D eigenvalue weighted by molar-refractivity contribution is 5.38. The van der Waals surface area contributed by atoms with Gasteiger partial charge in [-0.25, -0.2) is 4.98 Å². The van der Waals surface area contributed by atoms with Crippen molar-refractivity contribution in [2.24, 2.45) is 17.8 Å². The van der Waals surface area contributed by atoms with Crippen LogP contribution in [0.2, 0.25) is 0 Å². The molecule has 2 atom stereocenters. The lowest BCUT2D eigenvalue weighted by molar-refractivity contribution is 0.552. The molecule has 0 aliphatic heterocycles. The maximum atomic E-state index is 4.57. The van der Waals surface area contributed by atoms with Gasteiger partial charge in [0.2, 0.25) is 0 Å². The molecule has 106 valence electrons. The van der Waals surface area contributed by atoms with Crippen LogP contribution in [0.15, 0.2) is 18.3 Å². The van der Waals surface area contributed by atoms with Crippen LogP contribution >= 0.6 is 0 Å². The Hall–Kier alpha value is -1.09. The van der Waals surface area contributed by atoms with E-state index in [1.807, 2.05) is 6.20 Å². The van der Waals surface area contributed by atoms with E-state index in [1.54, 1.807) is 0 Å². The molecule has 1 heterocycles. The van der Waals surface area contributed by atoms with Crippen LogP contribution in [0.4, 0.5) is 5.82 Å². The second-order valence-electron chi connectivity index (χ2n) is 6.40. The molecule has 1 saturated carbocycles. The molecule has 0 aromatic carbocycles. The molecule has 2 rings (SSSR count). The molecule has 3 nitrogen and oxygen atoms in total. The normalized spacial score (nSPS) is 21.7. The molecule has 0 bridgehead atoms. The van der Waals surface area contributed by atoms with Crippen molar-refractivity contribution >= 4 is 5.82 Å². The summed E-state index contributed by atoms with van der Waals surface area (Å²) in [6.07, 6.45) is 3.37. The lowest BCUT2D eigenvalue weighted by Crippen LogP contribution is -2.22. The van der Waals surface area contributed by atoms with Crippen LogP contribution in [0, 0.1) is 17.8 Å². The van der Waals surface area contributed by atoms with E-state index in [0.29, 0.717) is 5.92 Å². The predicted molar refractivity (Wildman–Crippen MR) is 81.3 cm³/mol. The van der Waals surface area contributed by atoms with Crippen LogP contribution in [-0.4, -0.2) is 25.1 Å². The van der Waals surface area contributed by atoms with Gasteiger partial charge in [-0.2, -0.15) is 0 Å². The molecular formula is C16H27N3. The van der Waals surface area contributed by atoms with Crippen molar-refractivity contribution in [1.29, 1.82) is 0 Å². The Morgan fingerprint density at radius 3 is 2.68 bits per heavy atom. The predicted octanol–water partition coefficient (Wildman–Crippen LogP) is 2.92. The first kappa shape index (κ1) is 14.3. The summed E-state index contributed by atoms with van der Waals surface area (Å²) in [5.74, 6) is 3.56. The number of hydrogen-bond donors (Lipinski definition) is 1. The van der Waals surface area contributed by atoms with E-state index in [4.69, 9.17) is 0 Å². The number of nitrogens with one attached hydrogen (secondary N) is 1. The van der Waals surface area contributed by atoms with Gasteiger partial charge in [0.1, 0.15) is 5.82 Å². The van der Waals surface area contributed by atoms with Crippen LogP contribution in [-0.2, 0) is 6.54 Å². The molecule has 0 spiro atoms. The average molecular weight is 261 g/mol. The summed E-state index contributed by atoms with van der Waals surface area (Å²) >= 11 is 0. The minimum atomic E-state index is 0.693. The van der Waals surface area contributed by atoms with Crippen molar-refractivity contribution in [2.75, 3.05) is 25.0 Å². The Morgan fingerprint density at radius 1 is 1.42 bits per heavy atom. The standard InChI is InChI=1S/C16H27N3/c1-12(2)8-17-9-14-5-6-16(18-10-14)19(4)11-15-7-13(15)3/h5-6,10,12-13,15,17H,7-9,11H2,1-4H3. The monoisotopic (exact) mass is 261 g/mol. The number of rotatable bonds is 7. The first-order valence-electron chi connectivity index (χ1n) is 7.43. The number of nitrogens with zero attached hydrogens (tertiary/aromatic N) is 2. The van der Waals surface area contributed by atoms with E-state index in [1.165, 1.54) is 12.0 Å². The van der Waals surface area contributed by atoms with Gasteiger partial charge >= 0.3 is 0 Å². The number of hydrogen-bond acceptors (Lipinski definition) is 3. The summed E-state index contributed by atoms with van der Waals surface area (Å²) in [5, 5.41) is 3.44. The molecule has 0 amide bonds. The number of aromatic nitrogens is 1. The van der Waals surface area contributed by atoms with E-state index >= 15 is 0 Å². The molecule has 1 aliphatic rings. The van der Waals surface area contributed by atoms with Gasteiger partial charge < -0.3 is 10.2 Å². The average Bonchev–Trinajstić information content (AvgIpc) is 3.05. The minimum absolute atomic E-state index is 0.693. The third-order valence-corrected chi connectivity index (χ3v) is 3.87. The zero-order valence-electron chi connectivity index (χ0n) is 12.7. The van der Waals surface area contributed by atoms with Crippen molar-refractivity contribution in [2.45, 2.75) is 33.7 Å². The fourth-order valence-corrected chi connectivity index (χ4v) is 2.35. The third kappa shape index (κ3) is 4.50. The maximum Gasteiger partial charge on any atom is 0.128 e. The highest BCUT2D eigenvalue weighted by atomic mass is 15.2. The van der Waals surface area contributed by atoms with Gasteiger partial charge in [-0.3, -0.25) is 0 Å². The van der Waals surface area contributed by atoms with Gasteiger partial charge in [0.15, 0.2) is 0 Å². The first-order chi connectivity index (χ1) is 9.06. The first-order valence-corrected chi connectivity index (χ1v) is 7.43. The highest BCUT2D eigenvalue weighted by Crippen LogP contribution is 2.38. The van der Waals surface area contributed by atoms with E-state index < -0.39 is 0 Å². The van der Waals surface area contributed by atoms with Crippen molar-refractivity contribution in [3.05, 3.63) is 23.9 Å². The Labute approximate surface area is 117 Å². The Kier molecular flexibility index (Phi) is 4.81. The molecule has 0 saturated heterocycles. The summed E-state index contributed by atoms with van der Waals surface area (Å²) in [4.78, 5) is 6.85. The molecule has 19 heavy (non-hydrogen) atoms. The Balaban J connectivity index is 1.80. The minimum Gasteiger partial charge on any atom is -0.359 e. The third-order valence-electron chi connectivity index (χ3n) is 3.87. The molecule has 1 N–H and O–H groups in total. The molecule has 1 aliphatic carbocycles. The summed E-state index contributed by atoms with van der Waals surface area (Å²) in [5.41, 5.74) is 1.26. The smallest absolute Gasteiger partial charge is 0.128 e. The SMILES string of the molecule is CC(C)CNCc1ccc(N(C)CC2CC2C)nc1. The fourth-order valence-electron chi connectivity index (χ4n) is 2.35. The van der Waals surface area contributed by atoms with Crippen molar-refractivity contribution < 1.29 is 0 Å². The maximum absolute atomic E-state index is 4.57. The number of pyridine rings is 1. The van der Waals surface area contributed by atoms with Gasteiger partial charge in [0, 0.05) is 26.3 Å². The van der Waals surface area contributed by atoms with E-state index in [9.17, 15) is 0 Å². The number of anilines is 1. The fraction of sp³-hybridized carbons (Fsp3) is 0.688. The van der Waals surface area contributed by atoms with Gasteiger partial charge in [-0.05, 0) is 42.3 Å². The summed E-state index contributed by atoms with van der Waals surface area (Å²) in [6.45, 7) is 9.88. The largest absolute Gasteiger partial charge is 0.359 e. The van der Waals surface area contributed by atoms with E-state index in [2.05, 4.69) is 55.2 Å². The quantitative estimate of drug-likeness (QED) is 0.818. The van der Waals surface area contributed by atoms with Crippen LogP contribution in [0.25, 0.3) is 0 Å². The van der Waals surface area contributed by atoms with Crippen molar-refractivity contribution in [1.82, 2.24) is 10.3 Å². The van der Waals surface area contributed by atoms with Gasteiger partial charge in [-0.1, -0.05) is 26.8 Å². The second-order valence-corrected chi connectivity index (χ2v) is 6.40. The van der Waals surface area contributed by atoms with Gasteiger partial charge in [-0.15, -0.1) is 0 Å². The second kappa shape index (κ2) is 6.38. The van der Waals surface area contributed by atoms with Crippen molar-refractivity contribution in [3.8, 4) is 0 Å². The molecule has 1 fully saturated rings. The zero-order chi connectivity index (χ0) is 13.8. The summed E-state index contributed by atoms with van der Waals surface area (Å²) in [6, 6.07) is 4.32. The van der Waals surface area contributed by atoms with Crippen LogP contribution in [0.5, 0.6) is 0 Å². The summed E-state index contributed by atoms with van der Waals surface area (Å²) < 4.78 is 0. The molecule has 2 unspecified atom stereocenters. The Bertz CT molecular complexity index is 385. The molecule has 1 aromatic rings. The molecule has 3 heteroatoms. The molecule has 1 aromatic heterocycles. The lowest BCUT2D eigenvalue weighted by Gasteiger charge is -2.18. The summed E-state index contributed by atoms with van der Waals surface area (Å²) in [7, 11) is 2.14. The zero-order valence-corrected chi connectivity index (χ0v) is 12.7. The lowest BCUT2D eigenvalue weighted by atomic mass is 10.2. The van der Waals surface area contributed by atoms with Crippen LogP contribution in [0.1, 0.15) is 32.8 Å². The van der Waals surface area contributed by atoms with Crippen LogP contribution < -0.4 is 10.2 Å². The Morgan fingerprint density at radius 2 is 2.16 bits per heavy atom. The molecule has 0 radical (unpaired) electrons. The molecular weight excluding hydrogens is 234 g/mol. The van der Waals surface area contributed by atoms with E-state index in [-0.39, 0.29) is 0 Å². The van der Waals surface area contributed by atoms with Gasteiger partial charge in [0.25, 0.3) is 0 Å². The van der Waals surface area contributed by atoms with Gasteiger partial charge in [0.05, 0.1) is 0 Å². The highest BCUT2D eigenvalue weighted by Gasteiger charge is 2.33. The van der Waals surface area contributed by atoms with Crippen LogP contribution in [0.3, 0.4) is 0 Å². The topological polar surface area (TPSA) is 28.2 Å².